The van der Waals surface area contributed by atoms with E-state index in [2.05, 4.69) is 39.1 Å². The quantitative estimate of drug-likeness (QED) is 0.597. The number of nitrogens with zero attached hydrogens (tertiary/aromatic N) is 4. The van der Waals surface area contributed by atoms with Crippen LogP contribution in [0.1, 0.15) is 17.1 Å². The molecule has 5 heteroatoms. The van der Waals surface area contributed by atoms with Crippen molar-refractivity contribution in [3.8, 4) is 16.9 Å². The molecule has 0 aliphatic carbocycles. The molecule has 0 bridgehead atoms. The summed E-state index contributed by atoms with van der Waals surface area (Å²) >= 11 is 0. The van der Waals surface area contributed by atoms with Gasteiger partial charge in [0.1, 0.15) is 11.3 Å². The number of imidazole rings is 1. The molecule has 26 heavy (non-hydrogen) atoms. The maximum Gasteiger partial charge on any atom is 0.165 e. The molecule has 1 aliphatic heterocycles. The summed E-state index contributed by atoms with van der Waals surface area (Å²) in [5.41, 5.74) is 8.50. The second kappa shape index (κ2) is 5.66. The Hall–Kier alpha value is -3.21. The Morgan fingerprint density at radius 3 is 2.81 bits per heavy atom. The van der Waals surface area contributed by atoms with Crippen molar-refractivity contribution in [2.24, 2.45) is 0 Å². The fourth-order valence-electron chi connectivity index (χ4n) is 3.68. The number of aromatic nitrogens is 4. The van der Waals surface area contributed by atoms with E-state index in [9.17, 15) is 0 Å². The van der Waals surface area contributed by atoms with Gasteiger partial charge in [0.25, 0.3) is 0 Å². The maximum atomic E-state index is 4.93. The summed E-state index contributed by atoms with van der Waals surface area (Å²) in [6.45, 7) is 5.03. The Kier molecular flexibility index (Phi) is 3.28. The summed E-state index contributed by atoms with van der Waals surface area (Å²) < 4.78 is 2.14. The van der Waals surface area contributed by atoms with E-state index in [-0.39, 0.29) is 0 Å². The molecule has 0 amide bonds. The third-order valence-electron chi connectivity index (χ3n) is 4.92. The summed E-state index contributed by atoms with van der Waals surface area (Å²) in [7, 11) is 0. The monoisotopic (exact) mass is 341 g/mol. The molecule has 5 nitrogen and oxygen atoms in total. The predicted molar refractivity (Wildman–Crippen MR) is 104 cm³/mol. The average molecular weight is 341 g/mol. The number of benzene rings is 1. The minimum absolute atomic E-state index is 0.889. The van der Waals surface area contributed by atoms with Crippen molar-refractivity contribution in [3.05, 3.63) is 65.7 Å². The highest BCUT2D eigenvalue weighted by Gasteiger charge is 2.15. The van der Waals surface area contributed by atoms with Gasteiger partial charge in [-0.2, -0.15) is 0 Å². The van der Waals surface area contributed by atoms with Gasteiger partial charge in [-0.05, 0) is 68.3 Å². The molecule has 1 aromatic carbocycles. The zero-order valence-electron chi connectivity index (χ0n) is 14.8. The van der Waals surface area contributed by atoms with Crippen molar-refractivity contribution in [2.45, 2.75) is 20.3 Å². The highest BCUT2D eigenvalue weighted by Crippen LogP contribution is 2.28. The number of hydrogen-bond acceptors (Lipinski definition) is 4. The Bertz CT molecular complexity index is 1140. The van der Waals surface area contributed by atoms with Gasteiger partial charge in [-0.1, -0.05) is 0 Å². The minimum Gasteiger partial charge on any atom is -0.384 e. The van der Waals surface area contributed by atoms with Gasteiger partial charge in [0, 0.05) is 35.4 Å². The van der Waals surface area contributed by atoms with E-state index in [4.69, 9.17) is 9.97 Å². The first-order chi connectivity index (χ1) is 12.7. The van der Waals surface area contributed by atoms with Crippen molar-refractivity contribution < 1.29 is 0 Å². The first-order valence-electron chi connectivity index (χ1n) is 8.85. The fraction of sp³-hybridized carbons (Fsp3) is 0.190. The fourth-order valence-corrected chi connectivity index (χ4v) is 3.68. The van der Waals surface area contributed by atoms with Gasteiger partial charge in [-0.15, -0.1) is 0 Å². The van der Waals surface area contributed by atoms with Gasteiger partial charge in [-0.3, -0.25) is 9.55 Å². The first-order valence-corrected chi connectivity index (χ1v) is 8.85. The summed E-state index contributed by atoms with van der Waals surface area (Å²) in [6, 6.07) is 14.7. The van der Waals surface area contributed by atoms with Crippen molar-refractivity contribution in [1.82, 2.24) is 19.5 Å². The summed E-state index contributed by atoms with van der Waals surface area (Å²) in [5.74, 6) is 0.946. The zero-order valence-corrected chi connectivity index (χ0v) is 14.8. The number of anilines is 1. The van der Waals surface area contributed by atoms with Crippen molar-refractivity contribution >= 4 is 16.9 Å². The van der Waals surface area contributed by atoms with E-state index in [0.717, 1.165) is 52.6 Å². The van der Waals surface area contributed by atoms with Crippen LogP contribution in [0.2, 0.25) is 0 Å². The Balaban J connectivity index is 1.70. The van der Waals surface area contributed by atoms with Crippen LogP contribution in [-0.4, -0.2) is 26.1 Å². The largest absolute Gasteiger partial charge is 0.384 e. The van der Waals surface area contributed by atoms with Crippen molar-refractivity contribution in [3.63, 3.8) is 0 Å². The van der Waals surface area contributed by atoms with Crippen LogP contribution in [0.25, 0.3) is 28.1 Å². The summed E-state index contributed by atoms with van der Waals surface area (Å²) in [5, 5.41) is 3.41. The topological polar surface area (TPSA) is 55.6 Å². The van der Waals surface area contributed by atoms with Gasteiger partial charge in [0.2, 0.25) is 0 Å². The molecule has 1 N–H and O–H groups in total. The lowest BCUT2D eigenvalue weighted by Crippen LogP contribution is -1.99. The lowest BCUT2D eigenvalue weighted by atomic mass is 10.1. The smallest absolute Gasteiger partial charge is 0.165 e. The van der Waals surface area contributed by atoms with E-state index in [1.807, 2.05) is 38.2 Å². The van der Waals surface area contributed by atoms with Crippen LogP contribution in [0.3, 0.4) is 0 Å². The molecule has 4 heterocycles. The van der Waals surface area contributed by atoms with Gasteiger partial charge < -0.3 is 5.32 Å². The standard InChI is InChI=1S/C21H19N5/c1-13-11-15(7-9-22-13)19-5-6-20-21(25-19)26(14(2)24-20)17-3-4-18-16(12-17)8-10-23-18/h3-7,9,11-12,23H,8,10H2,1-2H3. The van der Waals surface area contributed by atoms with Crippen LogP contribution >= 0.6 is 0 Å². The lowest BCUT2D eigenvalue weighted by Gasteiger charge is -2.09. The molecule has 0 spiro atoms. The van der Waals surface area contributed by atoms with Crippen molar-refractivity contribution in [1.29, 1.82) is 0 Å². The molecule has 0 saturated carbocycles. The lowest BCUT2D eigenvalue weighted by molar-refractivity contribution is 0.983. The van der Waals surface area contributed by atoms with Crippen LogP contribution in [0.5, 0.6) is 0 Å². The number of pyridine rings is 2. The number of aryl methyl sites for hydroxylation is 2. The van der Waals surface area contributed by atoms with Gasteiger partial charge in [-0.25, -0.2) is 9.97 Å². The molecule has 1 aliphatic rings. The number of hydrogen-bond donors (Lipinski definition) is 1. The van der Waals surface area contributed by atoms with Crippen LogP contribution in [0.15, 0.2) is 48.7 Å². The highest BCUT2D eigenvalue weighted by atomic mass is 15.1. The van der Waals surface area contributed by atoms with Gasteiger partial charge >= 0.3 is 0 Å². The molecule has 0 radical (unpaired) electrons. The number of nitrogens with one attached hydrogen (secondary N) is 1. The first kappa shape index (κ1) is 15.1. The summed E-state index contributed by atoms with van der Waals surface area (Å²) in [4.78, 5) is 13.9. The molecule has 128 valence electrons. The van der Waals surface area contributed by atoms with E-state index in [0.29, 0.717) is 0 Å². The SMILES string of the molecule is Cc1cc(-c2ccc3nc(C)n(-c4ccc5c(c4)CCN5)c3n2)ccn1. The maximum absolute atomic E-state index is 4.93. The molecular formula is C21H19N5. The zero-order chi connectivity index (χ0) is 17.7. The molecule has 0 fully saturated rings. The normalized spacial score (nSPS) is 13.0. The second-order valence-electron chi connectivity index (χ2n) is 6.74. The average Bonchev–Trinajstić information content (AvgIpc) is 3.23. The predicted octanol–water partition coefficient (Wildman–Crippen LogP) is 4.07. The Morgan fingerprint density at radius 1 is 1.00 bits per heavy atom. The van der Waals surface area contributed by atoms with Crippen LogP contribution in [0.4, 0.5) is 5.69 Å². The minimum atomic E-state index is 0.889. The second-order valence-corrected chi connectivity index (χ2v) is 6.74. The van der Waals surface area contributed by atoms with Crippen molar-refractivity contribution in [2.75, 3.05) is 11.9 Å². The van der Waals surface area contributed by atoms with Crippen LogP contribution in [0, 0.1) is 13.8 Å². The molecule has 5 rings (SSSR count). The molecular weight excluding hydrogens is 322 g/mol. The van der Waals surface area contributed by atoms with E-state index >= 15 is 0 Å². The van der Waals surface area contributed by atoms with E-state index in [1.165, 1.54) is 11.3 Å². The molecule has 4 aromatic rings. The van der Waals surface area contributed by atoms with Crippen LogP contribution in [-0.2, 0) is 6.42 Å². The highest BCUT2D eigenvalue weighted by molar-refractivity contribution is 5.78. The molecule has 0 atom stereocenters. The van der Waals surface area contributed by atoms with Gasteiger partial charge in [0.05, 0.1) is 5.69 Å². The number of fused-ring (bicyclic) bond motifs is 2. The van der Waals surface area contributed by atoms with Crippen LogP contribution < -0.4 is 5.32 Å². The molecule has 3 aromatic heterocycles. The third kappa shape index (κ3) is 2.36. The third-order valence-corrected chi connectivity index (χ3v) is 4.92. The molecule has 0 saturated heterocycles. The Labute approximate surface area is 151 Å². The summed E-state index contributed by atoms with van der Waals surface area (Å²) in [6.07, 6.45) is 2.89. The molecule has 0 unspecified atom stereocenters. The van der Waals surface area contributed by atoms with E-state index < -0.39 is 0 Å². The van der Waals surface area contributed by atoms with E-state index in [1.54, 1.807) is 0 Å². The Morgan fingerprint density at radius 2 is 1.92 bits per heavy atom. The number of rotatable bonds is 2. The van der Waals surface area contributed by atoms with Gasteiger partial charge in [0.15, 0.2) is 5.65 Å².